The van der Waals surface area contributed by atoms with Crippen molar-refractivity contribution in [3.05, 3.63) is 29.8 Å². The van der Waals surface area contributed by atoms with Crippen LogP contribution in [0.4, 0.5) is 0 Å². The number of guanidine groups is 1. The number of methoxy groups -OCH3 is 1. The molecule has 1 fully saturated rings. The second-order valence-electron chi connectivity index (χ2n) is 6.46. The van der Waals surface area contributed by atoms with Crippen LogP contribution in [0.2, 0.25) is 0 Å². The molecule has 1 aromatic rings. The Kier molecular flexibility index (Phi) is 5.75. The fourth-order valence-electron chi connectivity index (χ4n) is 3.23. The maximum Gasteiger partial charge on any atom is 0.191 e. The van der Waals surface area contributed by atoms with Crippen molar-refractivity contribution in [3.63, 3.8) is 0 Å². The monoisotopic (exact) mass is 316 g/mol. The predicted molar refractivity (Wildman–Crippen MR) is 93.9 cm³/mol. The molecule has 0 unspecified atom stereocenters. The molecule has 5 heteroatoms. The normalized spacial score (nSPS) is 19.8. The van der Waals surface area contributed by atoms with Gasteiger partial charge in [0, 0.05) is 26.2 Å². The van der Waals surface area contributed by atoms with E-state index in [1.165, 1.54) is 31.5 Å². The first-order chi connectivity index (χ1) is 11.3. The van der Waals surface area contributed by atoms with Gasteiger partial charge in [-0.15, -0.1) is 0 Å². The lowest BCUT2D eigenvalue weighted by atomic mass is 9.96. The number of ether oxygens (including phenoxy) is 1. The van der Waals surface area contributed by atoms with E-state index in [2.05, 4.69) is 32.7 Å². The first kappa shape index (κ1) is 16.1. The number of rotatable bonds is 5. The standard InChI is InChI=1S/C18H28N4O/c1-23-17-5-3-16(4-6-17)14-22-11-7-15(8-12-22)13-21-18-19-9-2-10-20-18/h3-6,15H,2,7-14H2,1H3,(H2,19,20,21). The molecule has 0 bridgehead atoms. The maximum absolute atomic E-state index is 5.21. The third-order valence-corrected chi connectivity index (χ3v) is 4.73. The molecule has 0 radical (unpaired) electrons. The number of hydrogen-bond acceptors (Lipinski definition) is 5. The van der Waals surface area contributed by atoms with Crippen molar-refractivity contribution in [3.8, 4) is 5.75 Å². The van der Waals surface area contributed by atoms with E-state index < -0.39 is 0 Å². The Bertz CT molecular complexity index is 506. The van der Waals surface area contributed by atoms with E-state index in [1.807, 2.05) is 12.1 Å². The van der Waals surface area contributed by atoms with Crippen molar-refractivity contribution in [2.75, 3.05) is 39.8 Å². The molecule has 0 spiro atoms. The fourth-order valence-corrected chi connectivity index (χ4v) is 3.23. The Morgan fingerprint density at radius 1 is 1.26 bits per heavy atom. The fraction of sp³-hybridized carbons (Fsp3) is 0.611. The summed E-state index contributed by atoms with van der Waals surface area (Å²) >= 11 is 0. The van der Waals surface area contributed by atoms with Gasteiger partial charge in [0.05, 0.1) is 7.11 Å². The van der Waals surface area contributed by atoms with Gasteiger partial charge < -0.3 is 15.4 Å². The van der Waals surface area contributed by atoms with Gasteiger partial charge >= 0.3 is 0 Å². The molecule has 0 saturated carbocycles. The zero-order valence-electron chi connectivity index (χ0n) is 14.1. The van der Waals surface area contributed by atoms with Crippen molar-refractivity contribution >= 4 is 5.96 Å². The highest BCUT2D eigenvalue weighted by atomic mass is 16.5. The van der Waals surface area contributed by atoms with Crippen LogP contribution < -0.4 is 15.4 Å². The van der Waals surface area contributed by atoms with E-state index in [-0.39, 0.29) is 0 Å². The molecule has 5 nitrogen and oxygen atoms in total. The summed E-state index contributed by atoms with van der Waals surface area (Å²) in [4.78, 5) is 7.02. The molecule has 0 aliphatic carbocycles. The van der Waals surface area contributed by atoms with Gasteiger partial charge in [0.1, 0.15) is 5.75 Å². The van der Waals surface area contributed by atoms with E-state index in [9.17, 15) is 0 Å². The third-order valence-electron chi connectivity index (χ3n) is 4.73. The van der Waals surface area contributed by atoms with Gasteiger partial charge in [0.2, 0.25) is 0 Å². The molecule has 2 heterocycles. The van der Waals surface area contributed by atoms with Gasteiger partial charge in [0.25, 0.3) is 0 Å². The molecule has 0 atom stereocenters. The number of likely N-dealkylation sites (tertiary alicyclic amines) is 1. The number of hydrogen-bond donors (Lipinski definition) is 2. The minimum atomic E-state index is 0.758. The SMILES string of the molecule is COc1ccc(CN2CCC(CNC3=NCCCN3)CC2)cc1. The Morgan fingerprint density at radius 3 is 2.70 bits per heavy atom. The highest BCUT2D eigenvalue weighted by Gasteiger charge is 2.19. The molecular formula is C18H28N4O. The lowest BCUT2D eigenvalue weighted by Crippen LogP contribution is -2.44. The second kappa shape index (κ2) is 8.20. The van der Waals surface area contributed by atoms with Crippen molar-refractivity contribution in [1.82, 2.24) is 15.5 Å². The van der Waals surface area contributed by atoms with Gasteiger partial charge in [-0.05, 0) is 56.0 Å². The van der Waals surface area contributed by atoms with E-state index in [0.717, 1.165) is 50.2 Å². The molecule has 3 rings (SSSR count). The topological polar surface area (TPSA) is 48.9 Å². The van der Waals surface area contributed by atoms with E-state index in [1.54, 1.807) is 7.11 Å². The number of piperidine rings is 1. The number of benzene rings is 1. The lowest BCUT2D eigenvalue weighted by molar-refractivity contribution is 0.178. The lowest BCUT2D eigenvalue weighted by Gasteiger charge is -2.32. The van der Waals surface area contributed by atoms with Crippen LogP contribution in [0.1, 0.15) is 24.8 Å². The summed E-state index contributed by atoms with van der Waals surface area (Å²) in [7, 11) is 1.71. The van der Waals surface area contributed by atoms with E-state index in [0.29, 0.717) is 0 Å². The van der Waals surface area contributed by atoms with E-state index >= 15 is 0 Å². The highest BCUT2D eigenvalue weighted by Crippen LogP contribution is 2.19. The number of aliphatic imine (C=N–C) groups is 1. The molecule has 0 aromatic heterocycles. The van der Waals surface area contributed by atoms with Crippen LogP contribution in [0, 0.1) is 5.92 Å². The smallest absolute Gasteiger partial charge is 0.191 e. The third kappa shape index (κ3) is 4.86. The van der Waals surface area contributed by atoms with Gasteiger partial charge in [-0.25, -0.2) is 0 Å². The van der Waals surface area contributed by atoms with Crippen LogP contribution in [0.5, 0.6) is 5.75 Å². The van der Waals surface area contributed by atoms with Crippen LogP contribution in [0.15, 0.2) is 29.3 Å². The highest BCUT2D eigenvalue weighted by molar-refractivity contribution is 5.80. The Labute approximate surface area is 139 Å². The average molecular weight is 316 g/mol. The molecule has 2 aliphatic heterocycles. The van der Waals surface area contributed by atoms with Gasteiger partial charge in [0.15, 0.2) is 5.96 Å². The molecule has 2 aliphatic rings. The Balaban J connectivity index is 1.38. The minimum absolute atomic E-state index is 0.758. The quantitative estimate of drug-likeness (QED) is 0.870. The first-order valence-corrected chi connectivity index (χ1v) is 8.71. The van der Waals surface area contributed by atoms with Crippen LogP contribution in [0.25, 0.3) is 0 Å². The molecule has 1 saturated heterocycles. The molecular weight excluding hydrogens is 288 g/mol. The van der Waals surface area contributed by atoms with Crippen LogP contribution in [0.3, 0.4) is 0 Å². The van der Waals surface area contributed by atoms with Crippen molar-refractivity contribution in [2.24, 2.45) is 10.9 Å². The Hall–Kier alpha value is -1.75. The summed E-state index contributed by atoms with van der Waals surface area (Å²) in [5.74, 6) is 2.68. The van der Waals surface area contributed by atoms with Gasteiger partial charge in [-0.1, -0.05) is 12.1 Å². The summed E-state index contributed by atoms with van der Waals surface area (Å²) in [5, 5.41) is 6.80. The van der Waals surface area contributed by atoms with Crippen molar-refractivity contribution in [2.45, 2.75) is 25.8 Å². The van der Waals surface area contributed by atoms with E-state index in [4.69, 9.17) is 4.74 Å². The maximum atomic E-state index is 5.21. The molecule has 2 N–H and O–H groups in total. The molecule has 1 aromatic carbocycles. The zero-order chi connectivity index (χ0) is 15.9. The predicted octanol–water partition coefficient (Wildman–Crippen LogP) is 1.85. The second-order valence-corrected chi connectivity index (χ2v) is 6.46. The van der Waals surface area contributed by atoms with Crippen molar-refractivity contribution < 1.29 is 4.74 Å². The Morgan fingerprint density at radius 2 is 2.04 bits per heavy atom. The van der Waals surface area contributed by atoms with Gasteiger partial charge in [-0.2, -0.15) is 0 Å². The summed E-state index contributed by atoms with van der Waals surface area (Å²) in [6.07, 6.45) is 3.67. The van der Waals surface area contributed by atoms with Crippen LogP contribution >= 0.6 is 0 Å². The largest absolute Gasteiger partial charge is 0.497 e. The van der Waals surface area contributed by atoms with Gasteiger partial charge in [-0.3, -0.25) is 9.89 Å². The molecule has 126 valence electrons. The van der Waals surface area contributed by atoms with Crippen LogP contribution in [-0.2, 0) is 6.54 Å². The number of nitrogens with one attached hydrogen (secondary N) is 2. The summed E-state index contributed by atoms with van der Waals surface area (Å²) in [5.41, 5.74) is 1.36. The summed E-state index contributed by atoms with van der Waals surface area (Å²) in [6.45, 7) is 6.44. The molecule has 0 amide bonds. The summed E-state index contributed by atoms with van der Waals surface area (Å²) in [6, 6.07) is 8.42. The van der Waals surface area contributed by atoms with Crippen LogP contribution in [-0.4, -0.2) is 50.7 Å². The summed E-state index contributed by atoms with van der Waals surface area (Å²) < 4.78 is 5.21. The minimum Gasteiger partial charge on any atom is -0.497 e. The number of nitrogens with zero attached hydrogens (tertiary/aromatic N) is 2. The molecule has 23 heavy (non-hydrogen) atoms. The average Bonchev–Trinajstić information content (AvgIpc) is 2.63. The zero-order valence-corrected chi connectivity index (χ0v) is 14.1. The van der Waals surface area contributed by atoms with Crippen molar-refractivity contribution in [1.29, 1.82) is 0 Å². The first-order valence-electron chi connectivity index (χ1n) is 8.71.